The van der Waals surface area contributed by atoms with Crippen molar-refractivity contribution in [2.45, 2.75) is 38.3 Å². The number of carbonyl (C=O) groups excluding carboxylic acids is 2. The molecule has 15 heteroatoms. The van der Waals surface area contributed by atoms with Gasteiger partial charge in [-0.05, 0) is 19.3 Å². The van der Waals surface area contributed by atoms with Gasteiger partial charge in [-0.1, -0.05) is 6.92 Å². The topological polar surface area (TPSA) is 200 Å². The molecule has 0 radical (unpaired) electrons. The van der Waals surface area contributed by atoms with Crippen LogP contribution in [0.2, 0.25) is 0 Å². The second-order valence-electron chi connectivity index (χ2n) is 10.5. The summed E-state index contributed by atoms with van der Waals surface area (Å²) < 4.78 is 0. The van der Waals surface area contributed by atoms with E-state index >= 15 is 0 Å². The van der Waals surface area contributed by atoms with Gasteiger partial charge in [0.25, 0.3) is 0 Å². The first-order valence-corrected chi connectivity index (χ1v) is 13.8. The summed E-state index contributed by atoms with van der Waals surface area (Å²) in [5.41, 5.74) is 5.80. The first-order chi connectivity index (χ1) is 19.0. The molecule has 2 fully saturated rings. The van der Waals surface area contributed by atoms with E-state index in [0.29, 0.717) is 84.7 Å². The zero-order chi connectivity index (χ0) is 29.7. The second-order valence-corrected chi connectivity index (χ2v) is 10.5. The summed E-state index contributed by atoms with van der Waals surface area (Å²) in [5, 5.41) is 30.9. The van der Waals surface area contributed by atoms with Gasteiger partial charge < -0.3 is 31.3 Å². The van der Waals surface area contributed by atoms with E-state index in [4.69, 9.17) is 5.73 Å². The normalized spacial score (nSPS) is 20.7. The number of nitrogens with one attached hydrogen (secondary N) is 1. The van der Waals surface area contributed by atoms with E-state index in [0.717, 1.165) is 0 Å². The summed E-state index contributed by atoms with van der Waals surface area (Å²) in [4.78, 5) is 68.3. The van der Waals surface area contributed by atoms with Crippen molar-refractivity contribution in [2.75, 3.05) is 91.6 Å². The van der Waals surface area contributed by atoms with Crippen molar-refractivity contribution >= 4 is 29.7 Å². The van der Waals surface area contributed by atoms with E-state index in [9.17, 15) is 39.3 Å². The number of nitrogens with zero attached hydrogens (tertiary/aromatic N) is 5. The van der Waals surface area contributed by atoms with Gasteiger partial charge in [0, 0.05) is 71.5 Å². The molecule has 0 bridgehead atoms. The molecule has 2 amide bonds. The number of carbonyl (C=O) groups is 5. The van der Waals surface area contributed by atoms with Crippen LogP contribution in [0.4, 0.5) is 0 Å². The molecule has 0 aromatic rings. The Labute approximate surface area is 234 Å². The summed E-state index contributed by atoms with van der Waals surface area (Å²) in [7, 11) is 0. The lowest BCUT2D eigenvalue weighted by molar-refractivity contribution is -0.141. The molecule has 1 unspecified atom stereocenters. The minimum absolute atomic E-state index is 0.0364. The van der Waals surface area contributed by atoms with Crippen LogP contribution in [0.25, 0.3) is 0 Å². The third-order valence-electron chi connectivity index (χ3n) is 7.34. The number of hydrogen-bond acceptors (Lipinski definition) is 10. The smallest absolute Gasteiger partial charge is 0.317 e. The number of aliphatic carboxylic acids is 3. The average molecular weight is 572 g/mol. The Kier molecular flexibility index (Phi) is 14.2. The van der Waals surface area contributed by atoms with E-state index in [-0.39, 0.29) is 44.0 Å². The zero-order valence-corrected chi connectivity index (χ0v) is 23.4. The first-order valence-electron chi connectivity index (χ1n) is 13.8. The Morgan fingerprint density at radius 3 is 1.35 bits per heavy atom. The highest BCUT2D eigenvalue weighted by Crippen LogP contribution is 2.12. The number of likely N-dealkylation sites (tertiary alicyclic amines) is 1. The predicted molar refractivity (Wildman–Crippen MR) is 145 cm³/mol. The van der Waals surface area contributed by atoms with E-state index in [1.54, 1.807) is 19.6 Å². The summed E-state index contributed by atoms with van der Waals surface area (Å²) >= 11 is 0. The van der Waals surface area contributed by atoms with Crippen molar-refractivity contribution in [1.82, 2.24) is 29.8 Å². The van der Waals surface area contributed by atoms with Crippen LogP contribution in [-0.4, -0.2) is 173 Å². The summed E-state index contributed by atoms with van der Waals surface area (Å²) in [6.07, 6.45) is 1.80. The minimum Gasteiger partial charge on any atom is -0.480 e. The van der Waals surface area contributed by atoms with E-state index in [1.165, 1.54) is 0 Å². The van der Waals surface area contributed by atoms with Crippen LogP contribution in [0.5, 0.6) is 0 Å². The lowest BCUT2D eigenvalue weighted by Gasteiger charge is -2.36. The molecule has 15 nitrogen and oxygen atoms in total. The molecule has 2 heterocycles. The van der Waals surface area contributed by atoms with Crippen molar-refractivity contribution in [3.05, 3.63) is 0 Å². The third-order valence-corrected chi connectivity index (χ3v) is 7.34. The molecule has 0 aliphatic carbocycles. The number of rotatable bonds is 11. The molecule has 0 aromatic heterocycles. The van der Waals surface area contributed by atoms with Gasteiger partial charge in [0.05, 0.1) is 32.2 Å². The first kappa shape index (κ1) is 33.4. The number of carboxylic acid groups (broad SMARTS) is 3. The second kappa shape index (κ2) is 17.1. The number of amides is 2. The molecule has 1 atom stereocenters. The lowest BCUT2D eigenvalue weighted by Crippen LogP contribution is -2.53. The molecule has 2 aliphatic rings. The molecule has 2 saturated heterocycles. The third kappa shape index (κ3) is 12.6. The summed E-state index contributed by atoms with van der Waals surface area (Å²) in [6, 6.07) is -0.583. The van der Waals surface area contributed by atoms with Gasteiger partial charge in [0.1, 0.15) is 0 Å². The van der Waals surface area contributed by atoms with Crippen molar-refractivity contribution in [3.8, 4) is 0 Å². The minimum atomic E-state index is -1.01. The molecule has 40 heavy (non-hydrogen) atoms. The molecule has 228 valence electrons. The Morgan fingerprint density at radius 2 is 1.02 bits per heavy atom. The Bertz CT molecular complexity index is 836. The Hall–Kier alpha value is -2.85. The Morgan fingerprint density at radius 1 is 0.675 bits per heavy atom. The monoisotopic (exact) mass is 571 g/mol. The molecule has 2 aliphatic heterocycles. The fourth-order valence-electron chi connectivity index (χ4n) is 4.84. The van der Waals surface area contributed by atoms with Gasteiger partial charge in [-0.3, -0.25) is 43.6 Å². The number of nitrogens with two attached hydrogens (primary N) is 1. The van der Waals surface area contributed by atoms with Crippen LogP contribution < -0.4 is 11.1 Å². The van der Waals surface area contributed by atoms with Gasteiger partial charge in [-0.15, -0.1) is 0 Å². The van der Waals surface area contributed by atoms with Crippen LogP contribution in [0, 0.1) is 0 Å². The predicted octanol–water partition coefficient (Wildman–Crippen LogP) is -2.69. The van der Waals surface area contributed by atoms with Crippen LogP contribution in [0.3, 0.4) is 0 Å². The van der Waals surface area contributed by atoms with E-state index < -0.39 is 23.9 Å². The Balaban J connectivity index is 2.03. The molecule has 0 aromatic carbocycles. The zero-order valence-electron chi connectivity index (χ0n) is 23.4. The van der Waals surface area contributed by atoms with Crippen LogP contribution >= 0.6 is 0 Å². The van der Waals surface area contributed by atoms with E-state index in [2.05, 4.69) is 5.32 Å². The van der Waals surface area contributed by atoms with Crippen molar-refractivity contribution in [3.63, 3.8) is 0 Å². The maximum Gasteiger partial charge on any atom is 0.317 e. The molecule has 2 rings (SSSR count). The van der Waals surface area contributed by atoms with E-state index in [1.807, 2.05) is 11.8 Å². The maximum absolute atomic E-state index is 13.2. The van der Waals surface area contributed by atoms with Crippen molar-refractivity contribution in [2.24, 2.45) is 5.73 Å². The van der Waals surface area contributed by atoms with Gasteiger partial charge >= 0.3 is 17.9 Å². The van der Waals surface area contributed by atoms with Gasteiger partial charge in [-0.25, -0.2) is 0 Å². The number of piperidine rings is 1. The molecule has 0 saturated carbocycles. The highest BCUT2D eigenvalue weighted by atomic mass is 16.4. The number of hydrogen-bond donors (Lipinski definition) is 5. The molecule has 0 spiro atoms. The summed E-state index contributed by atoms with van der Waals surface area (Å²) in [6.45, 7) is 5.03. The standard InChI is InChI=1S/C25H45N7O8/c1-2-20(26)25(40)27-19-3-5-32(6-4-19)21(33)15-28-7-9-29(16-22(34)35)11-13-31(18-24(38)39)14-12-30(10-8-28)17-23(36)37/h19-20H,2-18,26H2,1H3,(H,27,40)(H,34,35)(H,36,37)(H,38,39). The van der Waals surface area contributed by atoms with Crippen molar-refractivity contribution < 1.29 is 39.3 Å². The fourth-order valence-corrected chi connectivity index (χ4v) is 4.84. The molecule has 6 N–H and O–H groups in total. The quantitative estimate of drug-likeness (QED) is 0.172. The SMILES string of the molecule is CCC(N)C(=O)NC1CCN(C(=O)CN2CCN(CC(=O)O)CCN(CC(=O)O)CCN(CC(=O)O)CC2)CC1. The molecular weight excluding hydrogens is 526 g/mol. The average Bonchev–Trinajstić information content (AvgIpc) is 2.89. The lowest BCUT2D eigenvalue weighted by atomic mass is 10.0. The van der Waals surface area contributed by atoms with Crippen LogP contribution in [-0.2, 0) is 24.0 Å². The molecular formula is C25H45N7O8. The number of carboxylic acids is 3. The van der Waals surface area contributed by atoms with Gasteiger partial charge in [0.15, 0.2) is 0 Å². The van der Waals surface area contributed by atoms with Crippen LogP contribution in [0.15, 0.2) is 0 Å². The highest BCUT2D eigenvalue weighted by molar-refractivity contribution is 5.82. The largest absolute Gasteiger partial charge is 0.480 e. The summed E-state index contributed by atoms with van der Waals surface area (Å²) in [5.74, 6) is -3.27. The highest BCUT2D eigenvalue weighted by Gasteiger charge is 2.27. The van der Waals surface area contributed by atoms with Gasteiger partial charge in [0.2, 0.25) is 11.8 Å². The fraction of sp³-hybridized carbons (Fsp3) is 0.800. The maximum atomic E-state index is 13.2. The van der Waals surface area contributed by atoms with Crippen molar-refractivity contribution in [1.29, 1.82) is 0 Å². The van der Waals surface area contributed by atoms with Gasteiger partial charge in [-0.2, -0.15) is 0 Å². The van der Waals surface area contributed by atoms with Crippen LogP contribution in [0.1, 0.15) is 26.2 Å².